The standard InChI is InChI=1S/C13H20N2O2/c1-13(2,14-3)12(16)15-11-8-6-5-7-10(11)9-17-4/h5-8,14H,9H2,1-4H3,(H,15,16). The molecular formula is C13H20N2O2. The fourth-order valence-corrected chi connectivity index (χ4v) is 1.32. The molecule has 17 heavy (non-hydrogen) atoms. The van der Waals surface area contributed by atoms with E-state index in [0.717, 1.165) is 11.3 Å². The number of carbonyl (C=O) groups excluding carboxylic acids is 1. The molecular weight excluding hydrogens is 216 g/mol. The van der Waals surface area contributed by atoms with Gasteiger partial charge in [0.25, 0.3) is 0 Å². The van der Waals surface area contributed by atoms with E-state index in [1.807, 2.05) is 38.1 Å². The molecule has 0 bridgehead atoms. The Morgan fingerprint density at radius 3 is 2.59 bits per heavy atom. The summed E-state index contributed by atoms with van der Waals surface area (Å²) in [5.41, 5.74) is 1.16. The van der Waals surface area contributed by atoms with Gasteiger partial charge in [0, 0.05) is 18.4 Å². The van der Waals surface area contributed by atoms with Crippen molar-refractivity contribution in [3.63, 3.8) is 0 Å². The highest BCUT2D eigenvalue weighted by Crippen LogP contribution is 2.17. The second-order valence-electron chi connectivity index (χ2n) is 4.42. The van der Waals surface area contributed by atoms with E-state index in [2.05, 4.69) is 10.6 Å². The largest absolute Gasteiger partial charge is 0.380 e. The molecule has 0 atom stereocenters. The normalized spacial score (nSPS) is 11.3. The lowest BCUT2D eigenvalue weighted by Gasteiger charge is -2.23. The Morgan fingerprint density at radius 1 is 1.35 bits per heavy atom. The second kappa shape index (κ2) is 5.80. The molecule has 0 saturated heterocycles. The first-order chi connectivity index (χ1) is 8.01. The van der Waals surface area contributed by atoms with Gasteiger partial charge in [0.15, 0.2) is 0 Å². The highest BCUT2D eigenvalue weighted by molar-refractivity contribution is 5.98. The van der Waals surface area contributed by atoms with Crippen LogP contribution in [0.15, 0.2) is 24.3 Å². The molecule has 1 amide bonds. The van der Waals surface area contributed by atoms with Gasteiger partial charge in [-0.15, -0.1) is 0 Å². The molecule has 0 unspecified atom stereocenters. The van der Waals surface area contributed by atoms with Gasteiger partial charge in [0.05, 0.1) is 12.1 Å². The van der Waals surface area contributed by atoms with Crippen LogP contribution in [0.3, 0.4) is 0 Å². The van der Waals surface area contributed by atoms with Crippen LogP contribution in [0.1, 0.15) is 19.4 Å². The fraction of sp³-hybridized carbons (Fsp3) is 0.462. The smallest absolute Gasteiger partial charge is 0.244 e. The highest BCUT2D eigenvalue weighted by Gasteiger charge is 2.25. The van der Waals surface area contributed by atoms with Gasteiger partial charge >= 0.3 is 0 Å². The van der Waals surface area contributed by atoms with E-state index in [1.165, 1.54) is 0 Å². The Morgan fingerprint density at radius 2 is 2.00 bits per heavy atom. The van der Waals surface area contributed by atoms with Gasteiger partial charge in [0.2, 0.25) is 5.91 Å². The number of ether oxygens (including phenoxy) is 1. The van der Waals surface area contributed by atoms with Crippen molar-refractivity contribution in [2.24, 2.45) is 0 Å². The number of amides is 1. The van der Waals surface area contributed by atoms with Gasteiger partial charge in [-0.1, -0.05) is 18.2 Å². The van der Waals surface area contributed by atoms with Crippen molar-refractivity contribution in [2.75, 3.05) is 19.5 Å². The number of hydrogen-bond acceptors (Lipinski definition) is 3. The van der Waals surface area contributed by atoms with Crippen molar-refractivity contribution < 1.29 is 9.53 Å². The predicted octanol–water partition coefficient (Wildman–Crippen LogP) is 1.77. The fourth-order valence-electron chi connectivity index (χ4n) is 1.32. The van der Waals surface area contributed by atoms with E-state index in [0.29, 0.717) is 6.61 Å². The monoisotopic (exact) mass is 236 g/mol. The SMILES string of the molecule is CNC(C)(C)C(=O)Nc1ccccc1COC. The molecule has 1 aromatic rings. The Labute approximate surface area is 102 Å². The summed E-state index contributed by atoms with van der Waals surface area (Å²) < 4.78 is 5.10. The predicted molar refractivity (Wildman–Crippen MR) is 68.9 cm³/mol. The zero-order valence-corrected chi connectivity index (χ0v) is 10.8. The first-order valence-electron chi connectivity index (χ1n) is 5.58. The number of likely N-dealkylation sites (N-methyl/N-ethyl adjacent to an activating group) is 1. The van der Waals surface area contributed by atoms with Crippen LogP contribution >= 0.6 is 0 Å². The maximum atomic E-state index is 12.0. The molecule has 0 aromatic heterocycles. The Balaban J connectivity index is 2.84. The van der Waals surface area contributed by atoms with E-state index in [9.17, 15) is 4.79 Å². The highest BCUT2D eigenvalue weighted by atomic mass is 16.5. The van der Waals surface area contributed by atoms with E-state index in [4.69, 9.17) is 4.74 Å². The summed E-state index contributed by atoms with van der Waals surface area (Å²) >= 11 is 0. The van der Waals surface area contributed by atoms with Gasteiger partial charge in [-0.05, 0) is 27.0 Å². The van der Waals surface area contributed by atoms with Crippen molar-refractivity contribution in [2.45, 2.75) is 26.0 Å². The lowest BCUT2D eigenvalue weighted by molar-refractivity contribution is -0.121. The third kappa shape index (κ3) is 3.54. The molecule has 1 rings (SSSR count). The molecule has 0 fully saturated rings. The van der Waals surface area contributed by atoms with E-state index >= 15 is 0 Å². The van der Waals surface area contributed by atoms with Gasteiger partial charge < -0.3 is 15.4 Å². The van der Waals surface area contributed by atoms with Crippen molar-refractivity contribution in [3.05, 3.63) is 29.8 Å². The molecule has 0 aliphatic carbocycles. The molecule has 0 aliphatic rings. The Kier molecular flexibility index (Phi) is 4.66. The molecule has 0 radical (unpaired) electrons. The van der Waals surface area contributed by atoms with Gasteiger partial charge in [0.1, 0.15) is 0 Å². The van der Waals surface area contributed by atoms with Crippen LogP contribution in [0.5, 0.6) is 0 Å². The number of hydrogen-bond donors (Lipinski definition) is 2. The maximum absolute atomic E-state index is 12.0. The van der Waals surface area contributed by atoms with Gasteiger partial charge in [-0.2, -0.15) is 0 Å². The third-order valence-electron chi connectivity index (χ3n) is 2.76. The minimum Gasteiger partial charge on any atom is -0.380 e. The maximum Gasteiger partial charge on any atom is 0.244 e. The summed E-state index contributed by atoms with van der Waals surface area (Å²) in [4.78, 5) is 12.0. The third-order valence-corrected chi connectivity index (χ3v) is 2.76. The van der Waals surface area contributed by atoms with Crippen LogP contribution in [0.4, 0.5) is 5.69 Å². The first-order valence-corrected chi connectivity index (χ1v) is 5.58. The lowest BCUT2D eigenvalue weighted by atomic mass is 10.0. The molecule has 0 spiro atoms. The molecule has 94 valence electrons. The molecule has 0 saturated carbocycles. The molecule has 2 N–H and O–H groups in total. The Hall–Kier alpha value is -1.39. The number of para-hydroxylation sites is 1. The van der Waals surface area contributed by atoms with Crippen LogP contribution in [0.25, 0.3) is 0 Å². The summed E-state index contributed by atoms with van der Waals surface area (Å²) in [6.45, 7) is 4.15. The summed E-state index contributed by atoms with van der Waals surface area (Å²) in [6.07, 6.45) is 0. The average Bonchev–Trinajstić information content (AvgIpc) is 2.32. The molecule has 0 heterocycles. The topological polar surface area (TPSA) is 50.4 Å². The van der Waals surface area contributed by atoms with Crippen LogP contribution < -0.4 is 10.6 Å². The van der Waals surface area contributed by atoms with Crippen LogP contribution in [0.2, 0.25) is 0 Å². The zero-order chi connectivity index (χ0) is 12.9. The molecule has 1 aromatic carbocycles. The number of rotatable bonds is 5. The number of nitrogens with one attached hydrogen (secondary N) is 2. The summed E-state index contributed by atoms with van der Waals surface area (Å²) in [5, 5.41) is 5.87. The van der Waals surface area contributed by atoms with Gasteiger partial charge in [-0.25, -0.2) is 0 Å². The van der Waals surface area contributed by atoms with Crippen molar-refractivity contribution in [1.82, 2.24) is 5.32 Å². The summed E-state index contributed by atoms with van der Waals surface area (Å²) in [7, 11) is 3.40. The van der Waals surface area contributed by atoms with Crippen LogP contribution in [0, 0.1) is 0 Å². The number of benzene rings is 1. The van der Waals surface area contributed by atoms with E-state index in [-0.39, 0.29) is 5.91 Å². The minimum atomic E-state index is -0.597. The number of methoxy groups -OCH3 is 1. The van der Waals surface area contributed by atoms with Crippen LogP contribution in [-0.4, -0.2) is 25.6 Å². The summed E-state index contributed by atoms with van der Waals surface area (Å²) in [5.74, 6) is -0.0662. The Bertz CT molecular complexity index is 389. The quantitative estimate of drug-likeness (QED) is 0.819. The second-order valence-corrected chi connectivity index (χ2v) is 4.42. The van der Waals surface area contributed by atoms with Crippen LogP contribution in [-0.2, 0) is 16.1 Å². The first kappa shape index (κ1) is 13.7. The number of anilines is 1. The van der Waals surface area contributed by atoms with E-state index < -0.39 is 5.54 Å². The van der Waals surface area contributed by atoms with Crippen molar-refractivity contribution >= 4 is 11.6 Å². The van der Waals surface area contributed by atoms with Crippen molar-refractivity contribution in [1.29, 1.82) is 0 Å². The summed E-state index contributed by atoms with van der Waals surface area (Å²) in [6, 6.07) is 7.62. The van der Waals surface area contributed by atoms with Crippen molar-refractivity contribution in [3.8, 4) is 0 Å². The molecule has 4 heteroatoms. The average molecular weight is 236 g/mol. The van der Waals surface area contributed by atoms with Gasteiger partial charge in [-0.3, -0.25) is 4.79 Å². The minimum absolute atomic E-state index is 0.0662. The lowest BCUT2D eigenvalue weighted by Crippen LogP contribution is -2.48. The number of carbonyl (C=O) groups is 1. The molecule has 4 nitrogen and oxygen atoms in total. The zero-order valence-electron chi connectivity index (χ0n) is 10.8. The van der Waals surface area contributed by atoms with E-state index in [1.54, 1.807) is 14.2 Å². The molecule has 0 aliphatic heterocycles.